The third-order valence-electron chi connectivity index (χ3n) is 5.13. The van der Waals surface area contributed by atoms with Crippen LogP contribution in [0.25, 0.3) is 0 Å². The molecule has 3 rings (SSSR count). The van der Waals surface area contributed by atoms with Crippen LogP contribution in [0.2, 0.25) is 5.02 Å². The van der Waals surface area contributed by atoms with E-state index in [1.165, 1.54) is 12.1 Å². The highest BCUT2D eigenvalue weighted by molar-refractivity contribution is 9.10. The summed E-state index contributed by atoms with van der Waals surface area (Å²) in [5.41, 5.74) is 5.52. The van der Waals surface area contributed by atoms with Gasteiger partial charge >= 0.3 is 17.9 Å². The van der Waals surface area contributed by atoms with Crippen LogP contribution in [0.15, 0.2) is 69.6 Å². The zero-order valence-electron chi connectivity index (χ0n) is 17.8. The highest BCUT2D eigenvalue weighted by Crippen LogP contribution is 2.46. The highest BCUT2D eigenvalue weighted by Gasteiger charge is 2.44. The predicted octanol–water partition coefficient (Wildman–Crippen LogP) is 3.70. The molecule has 0 amide bonds. The maximum absolute atomic E-state index is 13.1. The minimum atomic E-state index is -1.43. The Hall–Kier alpha value is -3.81. The van der Waals surface area contributed by atoms with E-state index in [-0.39, 0.29) is 32.1 Å². The number of carbonyl (C=O) groups is 3. The Balaban J connectivity index is 2.54. The molecule has 0 aliphatic carbocycles. The van der Waals surface area contributed by atoms with Gasteiger partial charge in [0.25, 0.3) is 0 Å². The van der Waals surface area contributed by atoms with Crippen molar-refractivity contribution in [2.75, 3.05) is 19.1 Å². The molecule has 1 heterocycles. The van der Waals surface area contributed by atoms with Gasteiger partial charge in [-0.1, -0.05) is 41.9 Å². The second-order valence-electron chi connectivity index (χ2n) is 6.89. The lowest BCUT2D eigenvalue weighted by atomic mass is 9.80. The summed E-state index contributed by atoms with van der Waals surface area (Å²) in [4.78, 5) is 39.2. The SMILES string of the molecule is COC(=O)C1=C(C(=O)OC)N(c2c(Br)ccc(Cl)c2C(=O)O)C(N)=C(C#N)C1c1ccccc1. The van der Waals surface area contributed by atoms with E-state index in [0.29, 0.717) is 5.56 Å². The van der Waals surface area contributed by atoms with Crippen LogP contribution in [0.4, 0.5) is 5.69 Å². The fraction of sp³-hybridized carbons (Fsp3) is 0.130. The van der Waals surface area contributed by atoms with Crippen LogP contribution in [0.3, 0.4) is 0 Å². The molecule has 1 aliphatic heterocycles. The van der Waals surface area contributed by atoms with Crippen LogP contribution in [0, 0.1) is 11.3 Å². The summed E-state index contributed by atoms with van der Waals surface area (Å²) >= 11 is 9.44. The molecule has 0 spiro atoms. The molecule has 0 radical (unpaired) electrons. The van der Waals surface area contributed by atoms with Crippen molar-refractivity contribution in [2.45, 2.75) is 5.92 Å². The quantitative estimate of drug-likeness (QED) is 0.537. The van der Waals surface area contributed by atoms with Crippen molar-refractivity contribution in [3.05, 3.63) is 85.8 Å². The average Bonchev–Trinajstić information content (AvgIpc) is 2.83. The number of allylic oxidation sites excluding steroid dienone is 1. The second-order valence-corrected chi connectivity index (χ2v) is 8.15. The number of nitriles is 1. The molecule has 9 nitrogen and oxygen atoms in total. The Morgan fingerprint density at radius 3 is 2.26 bits per heavy atom. The number of rotatable bonds is 5. The molecule has 0 fully saturated rings. The molecule has 0 bridgehead atoms. The van der Waals surface area contributed by atoms with Crippen molar-refractivity contribution in [3.63, 3.8) is 0 Å². The summed E-state index contributed by atoms with van der Waals surface area (Å²) in [7, 11) is 2.20. The minimum Gasteiger partial charge on any atom is -0.478 e. The first-order valence-corrected chi connectivity index (χ1v) is 10.7. The lowest BCUT2D eigenvalue weighted by Gasteiger charge is -2.36. The number of carboxylic acids is 1. The number of ether oxygens (including phenoxy) is 2. The van der Waals surface area contributed by atoms with E-state index in [1.807, 2.05) is 6.07 Å². The molecule has 3 N–H and O–H groups in total. The number of esters is 2. The summed E-state index contributed by atoms with van der Waals surface area (Å²) in [5, 5.41) is 19.8. The first kappa shape index (κ1) is 24.8. The van der Waals surface area contributed by atoms with Gasteiger partial charge in [-0.05, 0) is 33.6 Å². The molecule has 11 heteroatoms. The van der Waals surface area contributed by atoms with Gasteiger partial charge in [0.2, 0.25) is 0 Å². The zero-order chi connectivity index (χ0) is 25.2. The van der Waals surface area contributed by atoms with Crippen LogP contribution in [0.5, 0.6) is 0 Å². The van der Waals surface area contributed by atoms with Crippen LogP contribution < -0.4 is 10.6 Å². The number of nitrogens with two attached hydrogens (primary N) is 1. The molecular formula is C23H17BrClN3O6. The zero-order valence-corrected chi connectivity index (χ0v) is 20.2. The van der Waals surface area contributed by atoms with Crippen molar-refractivity contribution in [3.8, 4) is 6.07 Å². The number of anilines is 1. The molecule has 2 aromatic carbocycles. The van der Waals surface area contributed by atoms with Gasteiger partial charge in [-0.15, -0.1) is 0 Å². The van der Waals surface area contributed by atoms with Gasteiger partial charge < -0.3 is 20.3 Å². The van der Waals surface area contributed by atoms with E-state index in [4.69, 9.17) is 26.8 Å². The Kier molecular flexibility index (Phi) is 7.29. The first-order chi connectivity index (χ1) is 16.2. The van der Waals surface area contributed by atoms with E-state index >= 15 is 0 Å². The summed E-state index contributed by atoms with van der Waals surface area (Å²) in [5.74, 6) is -4.74. The smallest absolute Gasteiger partial charge is 0.355 e. The van der Waals surface area contributed by atoms with Gasteiger partial charge in [0, 0.05) is 4.47 Å². The maximum atomic E-state index is 13.1. The van der Waals surface area contributed by atoms with Crippen LogP contribution >= 0.6 is 27.5 Å². The second kappa shape index (κ2) is 9.99. The van der Waals surface area contributed by atoms with Crippen molar-refractivity contribution >= 4 is 51.1 Å². The Bertz CT molecular complexity index is 1300. The van der Waals surface area contributed by atoms with Gasteiger partial charge in [0.1, 0.15) is 17.1 Å². The van der Waals surface area contributed by atoms with Crippen molar-refractivity contribution in [1.29, 1.82) is 5.26 Å². The average molecular weight is 547 g/mol. The number of benzene rings is 2. The van der Waals surface area contributed by atoms with E-state index in [1.54, 1.807) is 30.3 Å². The number of carbonyl (C=O) groups excluding carboxylic acids is 2. The van der Waals surface area contributed by atoms with E-state index in [2.05, 4.69) is 15.9 Å². The molecule has 0 saturated heterocycles. The molecule has 0 saturated carbocycles. The normalized spacial score (nSPS) is 15.6. The number of carboxylic acid groups (broad SMARTS) is 1. The third kappa shape index (κ3) is 4.11. The molecule has 2 aromatic rings. The molecule has 1 atom stereocenters. The van der Waals surface area contributed by atoms with Crippen molar-refractivity contribution in [2.24, 2.45) is 5.73 Å². The highest BCUT2D eigenvalue weighted by atomic mass is 79.9. The van der Waals surface area contributed by atoms with Gasteiger partial charge in [-0.2, -0.15) is 5.26 Å². The monoisotopic (exact) mass is 545 g/mol. The fourth-order valence-corrected chi connectivity index (χ4v) is 4.45. The number of hydrogen-bond acceptors (Lipinski definition) is 8. The Labute approximate surface area is 207 Å². The van der Waals surface area contributed by atoms with E-state index < -0.39 is 35.1 Å². The molecule has 174 valence electrons. The molecule has 1 unspecified atom stereocenters. The molecular weight excluding hydrogens is 530 g/mol. The number of aromatic carboxylic acids is 1. The minimum absolute atomic E-state index is 0.109. The number of methoxy groups -OCH3 is 2. The molecule has 1 aliphatic rings. The summed E-state index contributed by atoms with van der Waals surface area (Å²) in [6.07, 6.45) is 0. The van der Waals surface area contributed by atoms with Crippen LogP contribution in [0.1, 0.15) is 21.8 Å². The van der Waals surface area contributed by atoms with E-state index in [9.17, 15) is 24.8 Å². The first-order valence-electron chi connectivity index (χ1n) is 9.56. The lowest BCUT2D eigenvalue weighted by molar-refractivity contribution is -0.139. The van der Waals surface area contributed by atoms with Crippen LogP contribution in [-0.4, -0.2) is 37.2 Å². The van der Waals surface area contributed by atoms with E-state index in [0.717, 1.165) is 19.1 Å². The molecule has 34 heavy (non-hydrogen) atoms. The number of halogens is 2. The summed E-state index contributed by atoms with van der Waals surface area (Å²) < 4.78 is 10.1. The topological polar surface area (TPSA) is 143 Å². The van der Waals surface area contributed by atoms with Gasteiger partial charge in [0.15, 0.2) is 0 Å². The summed E-state index contributed by atoms with van der Waals surface area (Å²) in [6, 6.07) is 13.2. The van der Waals surface area contributed by atoms with Crippen molar-refractivity contribution in [1.82, 2.24) is 0 Å². The maximum Gasteiger partial charge on any atom is 0.355 e. The summed E-state index contributed by atoms with van der Waals surface area (Å²) in [6.45, 7) is 0. The van der Waals surface area contributed by atoms with Crippen molar-refractivity contribution < 1.29 is 29.0 Å². The van der Waals surface area contributed by atoms with Gasteiger partial charge in [0.05, 0.1) is 48.1 Å². The standard InChI is InChI=1S/C23H17BrClN3O6/c1-33-22(31)17-15(11-6-4-3-5-7-11)12(10-26)20(27)28(19(17)23(32)34-2)18-13(24)8-9-14(25)16(18)21(29)30/h3-9,15H,27H2,1-2H3,(H,29,30). The lowest BCUT2D eigenvalue weighted by Crippen LogP contribution is -2.41. The fourth-order valence-electron chi connectivity index (χ4n) is 3.71. The number of nitrogens with zero attached hydrogens (tertiary/aromatic N) is 2. The number of hydrogen-bond donors (Lipinski definition) is 2. The third-order valence-corrected chi connectivity index (χ3v) is 6.08. The van der Waals surface area contributed by atoms with Crippen LogP contribution in [-0.2, 0) is 19.1 Å². The predicted molar refractivity (Wildman–Crippen MR) is 126 cm³/mol. The van der Waals surface area contributed by atoms with Gasteiger partial charge in [-0.3, -0.25) is 4.90 Å². The molecule has 0 aromatic heterocycles. The Morgan fingerprint density at radius 1 is 1.12 bits per heavy atom. The largest absolute Gasteiger partial charge is 0.478 e. The van der Waals surface area contributed by atoms with Gasteiger partial charge in [-0.25, -0.2) is 14.4 Å². The Morgan fingerprint density at radius 2 is 1.74 bits per heavy atom.